The summed E-state index contributed by atoms with van der Waals surface area (Å²) in [6.45, 7) is 5.47. The van der Waals surface area contributed by atoms with Crippen LogP contribution in [-0.4, -0.2) is 17.8 Å². The molecule has 1 saturated heterocycles. The van der Waals surface area contributed by atoms with Crippen LogP contribution in [0.3, 0.4) is 0 Å². The summed E-state index contributed by atoms with van der Waals surface area (Å²) in [6.07, 6.45) is 4.23. The second-order valence-electron chi connectivity index (χ2n) is 10.1. The van der Waals surface area contributed by atoms with Crippen LogP contribution < -0.4 is 9.64 Å². The standard InChI is InChI=1S/C32H27NO4/c1-18-4-8-21(9-5-18)27(22-10-6-19(2)7-11-22)28-25-16-17-26(28)30-29(25)31(35)33(32(30)36)23-12-14-24(15-13-23)37-20(3)34/h4-17,25-26,29-30H,1-3H3/t25-,26-,29-,30+/m0/s1. The van der Waals surface area contributed by atoms with Gasteiger partial charge in [0, 0.05) is 18.8 Å². The molecule has 3 aliphatic rings. The first-order chi connectivity index (χ1) is 17.8. The van der Waals surface area contributed by atoms with Crippen molar-refractivity contribution in [3.8, 4) is 5.75 Å². The maximum atomic E-state index is 13.7. The lowest BCUT2D eigenvalue weighted by Gasteiger charge is -2.22. The number of imide groups is 1. The number of aryl methyl sites for hydroxylation is 2. The van der Waals surface area contributed by atoms with Gasteiger partial charge in [-0.05, 0) is 60.4 Å². The van der Waals surface area contributed by atoms with E-state index in [-0.39, 0.29) is 23.7 Å². The van der Waals surface area contributed by atoms with Crippen molar-refractivity contribution in [1.29, 1.82) is 0 Å². The average molecular weight is 490 g/mol. The summed E-state index contributed by atoms with van der Waals surface area (Å²) in [6, 6.07) is 23.5. The molecule has 4 atom stereocenters. The van der Waals surface area contributed by atoms with Crippen LogP contribution in [0.1, 0.15) is 29.2 Å². The fourth-order valence-corrected chi connectivity index (χ4v) is 6.12. The van der Waals surface area contributed by atoms with Gasteiger partial charge in [-0.2, -0.15) is 0 Å². The number of amides is 2. The van der Waals surface area contributed by atoms with Crippen molar-refractivity contribution in [3.05, 3.63) is 113 Å². The maximum absolute atomic E-state index is 13.7. The SMILES string of the molecule is CC(=O)Oc1ccc(N2C(=O)[C@@H]3[C@H](C2=O)[C@H]2C=C[C@H]3C2=C(c2ccc(C)cc2)c2ccc(C)cc2)cc1. The fraction of sp³-hybridized carbons (Fsp3) is 0.219. The molecule has 184 valence electrons. The van der Waals surface area contributed by atoms with E-state index in [2.05, 4.69) is 74.5 Å². The summed E-state index contributed by atoms with van der Waals surface area (Å²) >= 11 is 0. The number of nitrogens with zero attached hydrogens (tertiary/aromatic N) is 1. The van der Waals surface area contributed by atoms with Gasteiger partial charge < -0.3 is 4.74 Å². The molecule has 1 aliphatic heterocycles. The van der Waals surface area contributed by atoms with Crippen molar-refractivity contribution in [2.45, 2.75) is 20.8 Å². The van der Waals surface area contributed by atoms with Gasteiger partial charge in [0.1, 0.15) is 5.75 Å². The van der Waals surface area contributed by atoms with E-state index < -0.39 is 17.8 Å². The summed E-state index contributed by atoms with van der Waals surface area (Å²) in [4.78, 5) is 40.0. The molecule has 37 heavy (non-hydrogen) atoms. The van der Waals surface area contributed by atoms with Gasteiger partial charge in [-0.3, -0.25) is 14.4 Å². The molecule has 3 aromatic carbocycles. The molecule has 2 bridgehead atoms. The molecule has 5 heteroatoms. The minimum absolute atomic E-state index is 0.130. The van der Waals surface area contributed by atoms with Crippen molar-refractivity contribution in [2.24, 2.45) is 23.7 Å². The molecule has 2 aliphatic carbocycles. The molecule has 0 spiro atoms. The zero-order valence-electron chi connectivity index (χ0n) is 21.0. The number of anilines is 1. The van der Waals surface area contributed by atoms with Crippen LogP contribution in [-0.2, 0) is 14.4 Å². The number of carbonyl (C=O) groups excluding carboxylic acids is 3. The minimum atomic E-state index is -0.421. The molecule has 1 saturated carbocycles. The molecule has 2 fully saturated rings. The van der Waals surface area contributed by atoms with Crippen LogP contribution in [0.4, 0.5) is 5.69 Å². The van der Waals surface area contributed by atoms with Crippen molar-refractivity contribution < 1.29 is 19.1 Å². The quantitative estimate of drug-likeness (QED) is 0.206. The van der Waals surface area contributed by atoms with Crippen molar-refractivity contribution in [2.75, 3.05) is 4.90 Å². The molecule has 2 amide bonds. The summed E-state index contributed by atoms with van der Waals surface area (Å²) in [7, 11) is 0. The van der Waals surface area contributed by atoms with Crippen molar-refractivity contribution >= 4 is 29.0 Å². The number of hydrogen-bond acceptors (Lipinski definition) is 4. The normalized spacial score (nSPS) is 23.5. The third-order valence-electron chi connectivity index (χ3n) is 7.74. The number of ether oxygens (including phenoxy) is 1. The Morgan fingerprint density at radius 2 is 1.16 bits per heavy atom. The van der Waals surface area contributed by atoms with E-state index in [0.717, 1.165) is 22.3 Å². The first kappa shape index (κ1) is 23.2. The smallest absolute Gasteiger partial charge is 0.308 e. The zero-order valence-corrected chi connectivity index (χ0v) is 21.0. The van der Waals surface area contributed by atoms with Gasteiger partial charge in [0.15, 0.2) is 0 Å². The third kappa shape index (κ3) is 3.73. The van der Waals surface area contributed by atoms with Gasteiger partial charge in [-0.1, -0.05) is 71.8 Å². The van der Waals surface area contributed by atoms with E-state index in [9.17, 15) is 14.4 Å². The minimum Gasteiger partial charge on any atom is -0.427 e. The summed E-state index contributed by atoms with van der Waals surface area (Å²) in [5.74, 6) is -1.48. The van der Waals surface area contributed by atoms with Crippen molar-refractivity contribution in [3.63, 3.8) is 0 Å². The van der Waals surface area contributed by atoms with Gasteiger partial charge in [-0.25, -0.2) is 4.90 Å². The number of rotatable bonds is 4. The number of fused-ring (bicyclic) bond motifs is 5. The van der Waals surface area contributed by atoms with E-state index in [1.165, 1.54) is 23.0 Å². The third-order valence-corrected chi connectivity index (χ3v) is 7.74. The second-order valence-corrected chi connectivity index (χ2v) is 10.1. The number of benzene rings is 3. The van der Waals surface area contributed by atoms with Crippen LogP contribution in [0.2, 0.25) is 0 Å². The highest BCUT2D eigenvalue weighted by atomic mass is 16.5. The first-order valence-electron chi connectivity index (χ1n) is 12.6. The summed E-state index contributed by atoms with van der Waals surface area (Å²) < 4.78 is 5.10. The fourth-order valence-electron chi connectivity index (χ4n) is 6.12. The van der Waals surface area contributed by atoms with Crippen LogP contribution >= 0.6 is 0 Å². The Balaban J connectivity index is 1.41. The Bertz CT molecular complexity index is 1400. The molecule has 3 aromatic rings. The number of esters is 1. The molecule has 1 heterocycles. The van der Waals surface area contributed by atoms with E-state index in [0.29, 0.717) is 11.4 Å². The van der Waals surface area contributed by atoms with Gasteiger partial charge in [-0.15, -0.1) is 0 Å². The van der Waals surface area contributed by atoms with Gasteiger partial charge >= 0.3 is 5.97 Å². The monoisotopic (exact) mass is 489 g/mol. The highest BCUT2D eigenvalue weighted by Gasteiger charge is 2.62. The first-order valence-corrected chi connectivity index (χ1v) is 12.6. The number of allylic oxidation sites excluding steroid dienone is 3. The average Bonchev–Trinajstić information content (AvgIpc) is 3.51. The van der Waals surface area contributed by atoms with Crippen LogP contribution in [0, 0.1) is 37.5 Å². The largest absolute Gasteiger partial charge is 0.427 e. The molecular weight excluding hydrogens is 462 g/mol. The number of carbonyl (C=O) groups is 3. The highest BCUT2D eigenvalue weighted by Crippen LogP contribution is 2.58. The summed E-state index contributed by atoms with van der Waals surface area (Å²) in [5, 5.41) is 0. The lowest BCUT2D eigenvalue weighted by Crippen LogP contribution is -2.33. The molecule has 0 aromatic heterocycles. The Morgan fingerprint density at radius 3 is 1.59 bits per heavy atom. The maximum Gasteiger partial charge on any atom is 0.308 e. The number of hydrogen-bond donors (Lipinski definition) is 0. The van der Waals surface area contributed by atoms with Crippen LogP contribution in [0.25, 0.3) is 5.57 Å². The topological polar surface area (TPSA) is 63.7 Å². The van der Waals surface area contributed by atoms with E-state index in [4.69, 9.17) is 4.74 Å². The lowest BCUT2D eigenvalue weighted by atomic mass is 9.85. The van der Waals surface area contributed by atoms with E-state index >= 15 is 0 Å². The van der Waals surface area contributed by atoms with E-state index in [1.807, 2.05) is 0 Å². The zero-order chi connectivity index (χ0) is 25.8. The molecule has 0 radical (unpaired) electrons. The Kier molecular flexibility index (Phi) is 5.45. The van der Waals surface area contributed by atoms with E-state index in [1.54, 1.807) is 24.3 Å². The predicted molar refractivity (Wildman–Crippen MR) is 142 cm³/mol. The Labute approximate surface area is 216 Å². The van der Waals surface area contributed by atoms with Crippen molar-refractivity contribution in [1.82, 2.24) is 0 Å². The Morgan fingerprint density at radius 1 is 0.703 bits per heavy atom. The second kappa shape index (κ2) is 8.70. The van der Waals surface area contributed by atoms with Gasteiger partial charge in [0.05, 0.1) is 17.5 Å². The molecule has 0 unspecified atom stereocenters. The van der Waals surface area contributed by atoms with Gasteiger partial charge in [0.2, 0.25) is 11.8 Å². The predicted octanol–water partition coefficient (Wildman–Crippen LogP) is 5.65. The Hall–Kier alpha value is -4.25. The molecule has 0 N–H and O–H groups in total. The molecular formula is C32H27NO4. The van der Waals surface area contributed by atoms with Crippen LogP contribution in [0.5, 0.6) is 5.75 Å². The lowest BCUT2D eigenvalue weighted by molar-refractivity contribution is -0.132. The highest BCUT2D eigenvalue weighted by molar-refractivity contribution is 6.23. The molecule has 5 nitrogen and oxygen atoms in total. The summed E-state index contributed by atoms with van der Waals surface area (Å²) in [5.41, 5.74) is 7.34. The van der Waals surface area contributed by atoms with Crippen LogP contribution in [0.15, 0.2) is 90.5 Å². The molecule has 6 rings (SSSR count). The van der Waals surface area contributed by atoms with Gasteiger partial charge in [0.25, 0.3) is 0 Å².